The summed E-state index contributed by atoms with van der Waals surface area (Å²) >= 11 is 0. The maximum atomic E-state index is 12.7. The second-order valence-corrected chi connectivity index (χ2v) is 6.83. The topological polar surface area (TPSA) is 32.3 Å². The number of likely N-dealkylation sites (tertiary alicyclic amines) is 1. The molecular weight excluding hydrogens is 341 g/mol. The van der Waals surface area contributed by atoms with Gasteiger partial charge >= 0.3 is 6.18 Å². The van der Waals surface area contributed by atoms with Crippen LogP contribution >= 0.6 is 0 Å². The summed E-state index contributed by atoms with van der Waals surface area (Å²) in [6.45, 7) is 4.38. The molecule has 1 aromatic heterocycles. The molecule has 0 radical (unpaired) electrons. The van der Waals surface area contributed by atoms with Crippen molar-refractivity contribution >= 4 is 5.95 Å². The number of hydrogen-bond donors (Lipinski definition) is 0. The number of aryl methyl sites for hydroxylation is 1. The van der Waals surface area contributed by atoms with Gasteiger partial charge in [0.25, 0.3) is 0 Å². The number of halogens is 3. The third-order valence-corrected chi connectivity index (χ3v) is 4.81. The van der Waals surface area contributed by atoms with Crippen LogP contribution in [0.25, 0.3) is 0 Å². The summed E-state index contributed by atoms with van der Waals surface area (Å²) < 4.78 is 38.0. The first kappa shape index (κ1) is 18.6. The number of nitrogens with zero attached hydrogens (tertiary/aromatic N) is 4. The van der Waals surface area contributed by atoms with Crippen LogP contribution in [0, 0.1) is 6.92 Å². The number of anilines is 1. The monoisotopic (exact) mass is 364 g/mol. The van der Waals surface area contributed by atoms with Crippen LogP contribution in [0.3, 0.4) is 0 Å². The van der Waals surface area contributed by atoms with Crippen molar-refractivity contribution in [2.75, 3.05) is 25.0 Å². The molecule has 2 heterocycles. The van der Waals surface area contributed by atoms with E-state index in [2.05, 4.69) is 19.8 Å². The molecule has 4 nitrogen and oxygen atoms in total. The Morgan fingerprint density at radius 1 is 1.19 bits per heavy atom. The molecule has 26 heavy (non-hydrogen) atoms. The van der Waals surface area contributed by atoms with Crippen LogP contribution in [0.4, 0.5) is 19.1 Å². The second-order valence-electron chi connectivity index (χ2n) is 6.83. The summed E-state index contributed by atoms with van der Waals surface area (Å²) in [4.78, 5) is 13.2. The van der Waals surface area contributed by atoms with Gasteiger partial charge in [0, 0.05) is 38.1 Å². The molecule has 1 aliphatic rings. The van der Waals surface area contributed by atoms with Gasteiger partial charge < -0.3 is 4.90 Å². The predicted octanol–water partition coefficient (Wildman–Crippen LogP) is 3.90. The van der Waals surface area contributed by atoms with Crippen LogP contribution in [-0.2, 0) is 12.7 Å². The molecule has 1 atom stereocenters. The zero-order valence-electron chi connectivity index (χ0n) is 15.0. The zero-order chi connectivity index (χ0) is 18.7. The average molecular weight is 364 g/mol. The Morgan fingerprint density at radius 3 is 2.58 bits per heavy atom. The molecule has 0 aliphatic carbocycles. The Hall–Kier alpha value is -2.15. The van der Waals surface area contributed by atoms with E-state index in [1.165, 1.54) is 0 Å². The number of hydrogen-bond acceptors (Lipinski definition) is 4. The Balaban J connectivity index is 1.63. The highest BCUT2D eigenvalue weighted by Gasteiger charge is 2.30. The fraction of sp³-hybridized carbons (Fsp3) is 0.474. The molecule has 1 fully saturated rings. The molecule has 1 saturated heterocycles. The van der Waals surface area contributed by atoms with Crippen molar-refractivity contribution in [1.29, 1.82) is 0 Å². The minimum atomic E-state index is -4.29. The van der Waals surface area contributed by atoms with Gasteiger partial charge in [0.15, 0.2) is 0 Å². The van der Waals surface area contributed by atoms with E-state index in [9.17, 15) is 13.2 Å². The van der Waals surface area contributed by atoms with Crippen LogP contribution in [-0.4, -0.2) is 41.0 Å². The number of likely N-dealkylation sites (N-methyl/N-ethyl adjacent to an activating group) is 1. The van der Waals surface area contributed by atoms with Gasteiger partial charge in [-0.1, -0.05) is 12.1 Å². The summed E-state index contributed by atoms with van der Waals surface area (Å²) in [7, 11) is 2.00. The van der Waals surface area contributed by atoms with Crippen molar-refractivity contribution in [3.8, 4) is 0 Å². The average Bonchev–Trinajstić information content (AvgIpc) is 2.61. The quantitative estimate of drug-likeness (QED) is 0.824. The smallest absolute Gasteiger partial charge is 0.340 e. The van der Waals surface area contributed by atoms with Crippen molar-refractivity contribution in [3.63, 3.8) is 0 Å². The maximum Gasteiger partial charge on any atom is 0.416 e. The lowest BCUT2D eigenvalue weighted by Gasteiger charge is -2.37. The lowest BCUT2D eigenvalue weighted by molar-refractivity contribution is -0.137. The number of aromatic nitrogens is 2. The molecule has 140 valence electrons. The normalized spacial score (nSPS) is 18.7. The van der Waals surface area contributed by atoms with E-state index >= 15 is 0 Å². The van der Waals surface area contributed by atoms with Crippen molar-refractivity contribution < 1.29 is 13.2 Å². The van der Waals surface area contributed by atoms with Gasteiger partial charge in [0.1, 0.15) is 0 Å². The molecule has 3 rings (SSSR count). The Kier molecular flexibility index (Phi) is 5.46. The van der Waals surface area contributed by atoms with E-state index in [4.69, 9.17) is 0 Å². The van der Waals surface area contributed by atoms with Gasteiger partial charge in [-0.3, -0.25) is 4.90 Å². The lowest BCUT2D eigenvalue weighted by Crippen LogP contribution is -2.46. The first-order valence-corrected chi connectivity index (χ1v) is 8.74. The highest BCUT2D eigenvalue weighted by atomic mass is 19.4. The van der Waals surface area contributed by atoms with Gasteiger partial charge in [0.2, 0.25) is 5.95 Å². The minimum Gasteiger partial charge on any atom is -0.340 e. The van der Waals surface area contributed by atoms with Crippen LogP contribution in [0.15, 0.2) is 36.5 Å². The van der Waals surface area contributed by atoms with Crippen LogP contribution in [0.2, 0.25) is 0 Å². The van der Waals surface area contributed by atoms with Gasteiger partial charge in [-0.05, 0) is 50.1 Å². The van der Waals surface area contributed by atoms with Crippen LogP contribution < -0.4 is 4.90 Å². The molecule has 2 aromatic rings. The first-order valence-electron chi connectivity index (χ1n) is 8.74. The van der Waals surface area contributed by atoms with Crippen LogP contribution in [0.1, 0.15) is 29.7 Å². The molecule has 0 saturated carbocycles. The van der Waals surface area contributed by atoms with Crippen LogP contribution in [0.5, 0.6) is 0 Å². The van der Waals surface area contributed by atoms with E-state index in [1.54, 1.807) is 18.3 Å². The summed E-state index contributed by atoms with van der Waals surface area (Å²) in [5.41, 5.74) is 1.22. The highest BCUT2D eigenvalue weighted by molar-refractivity contribution is 5.31. The number of piperidine rings is 1. The van der Waals surface area contributed by atoms with Gasteiger partial charge in [-0.2, -0.15) is 13.2 Å². The molecule has 1 unspecified atom stereocenters. The number of benzene rings is 1. The maximum absolute atomic E-state index is 12.7. The third kappa shape index (κ3) is 4.52. The fourth-order valence-corrected chi connectivity index (χ4v) is 3.32. The zero-order valence-corrected chi connectivity index (χ0v) is 15.0. The summed E-state index contributed by atoms with van der Waals surface area (Å²) in [6, 6.07) is 7.61. The molecule has 1 aromatic carbocycles. The summed E-state index contributed by atoms with van der Waals surface area (Å²) in [5.74, 6) is 0.714. The number of alkyl halides is 3. The largest absolute Gasteiger partial charge is 0.416 e. The first-order chi connectivity index (χ1) is 12.3. The number of rotatable bonds is 4. The van der Waals surface area contributed by atoms with Gasteiger partial charge in [-0.15, -0.1) is 0 Å². The Morgan fingerprint density at radius 2 is 1.92 bits per heavy atom. The fourth-order valence-electron chi connectivity index (χ4n) is 3.32. The minimum absolute atomic E-state index is 0.292. The van der Waals surface area contributed by atoms with E-state index in [0.29, 0.717) is 18.5 Å². The van der Waals surface area contributed by atoms with E-state index in [1.807, 2.05) is 20.0 Å². The lowest BCUT2D eigenvalue weighted by atomic mass is 10.0. The van der Waals surface area contributed by atoms with Gasteiger partial charge in [-0.25, -0.2) is 9.97 Å². The molecule has 0 spiro atoms. The second kappa shape index (κ2) is 7.61. The molecule has 0 N–H and O–H groups in total. The van der Waals surface area contributed by atoms with Crippen molar-refractivity contribution in [2.24, 2.45) is 0 Å². The van der Waals surface area contributed by atoms with Crippen molar-refractivity contribution in [3.05, 3.63) is 53.3 Å². The summed E-state index contributed by atoms with van der Waals surface area (Å²) in [5, 5.41) is 0. The molecular formula is C19H23F3N4. The Bertz CT molecular complexity index is 730. The SMILES string of the molecule is Cc1ccnc(N(C)C2CCCN(Cc3ccc(C(F)(F)F)cc3)C2)n1. The molecule has 0 amide bonds. The van der Waals surface area contributed by atoms with E-state index in [-0.39, 0.29) is 0 Å². The predicted molar refractivity (Wildman–Crippen MR) is 94.9 cm³/mol. The molecule has 7 heteroatoms. The third-order valence-electron chi connectivity index (χ3n) is 4.81. The standard InChI is InChI=1S/C19H23F3N4/c1-14-9-10-23-18(24-14)25(2)17-4-3-11-26(13-17)12-15-5-7-16(8-6-15)19(20,21)22/h5-10,17H,3-4,11-13H2,1-2H3. The van der Waals surface area contributed by atoms with E-state index in [0.717, 1.165) is 49.3 Å². The summed E-state index contributed by atoms with van der Waals surface area (Å²) in [6.07, 6.45) is -0.430. The molecule has 1 aliphatic heterocycles. The van der Waals surface area contributed by atoms with Gasteiger partial charge in [0.05, 0.1) is 5.56 Å². The van der Waals surface area contributed by atoms with Crippen molar-refractivity contribution in [2.45, 2.75) is 38.5 Å². The Labute approximate surface area is 151 Å². The highest BCUT2D eigenvalue weighted by Crippen LogP contribution is 2.29. The molecule has 0 bridgehead atoms. The van der Waals surface area contributed by atoms with E-state index < -0.39 is 11.7 Å². The van der Waals surface area contributed by atoms with Crippen molar-refractivity contribution in [1.82, 2.24) is 14.9 Å².